The Labute approximate surface area is 199 Å². The number of amides is 1. The Balaban J connectivity index is 1.63. The minimum absolute atomic E-state index is 0.0713. The summed E-state index contributed by atoms with van der Waals surface area (Å²) in [5, 5.41) is 2.80. The molecule has 34 heavy (non-hydrogen) atoms. The molecule has 1 amide bonds. The normalized spacial score (nSPS) is 14.4. The molecule has 178 valence electrons. The monoisotopic (exact) mass is 482 g/mol. The Morgan fingerprint density at radius 2 is 1.68 bits per heavy atom. The first kappa shape index (κ1) is 23.7. The average molecular weight is 483 g/mol. The van der Waals surface area contributed by atoms with E-state index in [9.17, 15) is 13.2 Å². The molecule has 1 aliphatic rings. The van der Waals surface area contributed by atoms with Crippen LogP contribution >= 0.6 is 0 Å². The highest BCUT2D eigenvalue weighted by Crippen LogP contribution is 2.31. The molecular weight excluding hydrogens is 456 g/mol. The van der Waals surface area contributed by atoms with Crippen molar-refractivity contribution in [3.05, 3.63) is 78.4 Å². The van der Waals surface area contributed by atoms with Crippen LogP contribution in [0.1, 0.15) is 17.3 Å². The number of morpholine rings is 1. The molecular formula is C25H26N2O6S. The molecule has 3 aromatic rings. The molecule has 0 aromatic heterocycles. The van der Waals surface area contributed by atoms with Gasteiger partial charge < -0.3 is 19.5 Å². The van der Waals surface area contributed by atoms with Crippen LogP contribution in [0, 0.1) is 0 Å². The van der Waals surface area contributed by atoms with Gasteiger partial charge in [0.05, 0.1) is 36.0 Å². The molecule has 0 saturated carbocycles. The van der Waals surface area contributed by atoms with Gasteiger partial charge in [0.2, 0.25) is 10.0 Å². The topological polar surface area (TPSA) is 94.2 Å². The van der Waals surface area contributed by atoms with Crippen LogP contribution in [-0.4, -0.2) is 51.5 Å². The third kappa shape index (κ3) is 5.39. The van der Waals surface area contributed by atoms with E-state index in [1.165, 1.54) is 16.4 Å². The molecule has 9 heteroatoms. The summed E-state index contributed by atoms with van der Waals surface area (Å²) in [6.07, 6.45) is 0. The van der Waals surface area contributed by atoms with Gasteiger partial charge in [-0.25, -0.2) is 8.42 Å². The van der Waals surface area contributed by atoms with E-state index < -0.39 is 15.9 Å². The number of carbonyl (C=O) groups excluding carboxylic acids is 1. The second-order valence-corrected chi connectivity index (χ2v) is 9.41. The van der Waals surface area contributed by atoms with Crippen molar-refractivity contribution in [1.29, 1.82) is 0 Å². The minimum Gasteiger partial charge on any atom is -0.492 e. The van der Waals surface area contributed by atoms with Crippen LogP contribution < -0.4 is 14.8 Å². The summed E-state index contributed by atoms with van der Waals surface area (Å²) in [4.78, 5) is 13.3. The molecule has 0 radical (unpaired) electrons. The maximum absolute atomic E-state index is 13.2. The highest BCUT2D eigenvalue weighted by molar-refractivity contribution is 7.89. The van der Waals surface area contributed by atoms with Crippen molar-refractivity contribution in [2.75, 3.05) is 38.2 Å². The van der Waals surface area contributed by atoms with Crippen LogP contribution in [0.25, 0.3) is 0 Å². The number of hydrogen-bond acceptors (Lipinski definition) is 6. The first-order valence-electron chi connectivity index (χ1n) is 11.0. The van der Waals surface area contributed by atoms with Crippen LogP contribution in [0.4, 0.5) is 5.69 Å². The lowest BCUT2D eigenvalue weighted by molar-refractivity contribution is 0.0730. The molecule has 1 saturated heterocycles. The van der Waals surface area contributed by atoms with Gasteiger partial charge in [-0.1, -0.05) is 30.3 Å². The molecule has 1 heterocycles. The number of sulfonamides is 1. The van der Waals surface area contributed by atoms with Crippen molar-refractivity contribution in [3.8, 4) is 17.2 Å². The second-order valence-electron chi connectivity index (χ2n) is 7.47. The van der Waals surface area contributed by atoms with Gasteiger partial charge in [0.1, 0.15) is 17.2 Å². The lowest BCUT2D eigenvalue weighted by Crippen LogP contribution is -2.40. The van der Waals surface area contributed by atoms with Crippen LogP contribution in [0.5, 0.6) is 17.2 Å². The third-order valence-corrected chi connectivity index (χ3v) is 7.10. The van der Waals surface area contributed by atoms with E-state index in [-0.39, 0.29) is 23.7 Å². The van der Waals surface area contributed by atoms with Crippen LogP contribution in [-0.2, 0) is 14.8 Å². The zero-order valence-corrected chi connectivity index (χ0v) is 19.6. The van der Waals surface area contributed by atoms with Crippen molar-refractivity contribution in [1.82, 2.24) is 4.31 Å². The fraction of sp³-hybridized carbons (Fsp3) is 0.240. The number of hydrogen-bond donors (Lipinski definition) is 1. The summed E-state index contributed by atoms with van der Waals surface area (Å²) in [5.41, 5.74) is 0.561. The Hall–Kier alpha value is -3.40. The van der Waals surface area contributed by atoms with Gasteiger partial charge >= 0.3 is 0 Å². The summed E-state index contributed by atoms with van der Waals surface area (Å²) < 4.78 is 44.4. The van der Waals surface area contributed by atoms with Gasteiger partial charge in [-0.15, -0.1) is 0 Å². The molecule has 3 aromatic carbocycles. The Morgan fingerprint density at radius 1 is 0.971 bits per heavy atom. The lowest BCUT2D eigenvalue weighted by atomic mass is 10.1. The van der Waals surface area contributed by atoms with Gasteiger partial charge in [-0.05, 0) is 49.4 Å². The maximum atomic E-state index is 13.2. The number of nitrogens with one attached hydrogen (secondary N) is 1. The third-order valence-electron chi connectivity index (χ3n) is 5.21. The van der Waals surface area contributed by atoms with E-state index in [4.69, 9.17) is 14.2 Å². The van der Waals surface area contributed by atoms with E-state index >= 15 is 0 Å². The van der Waals surface area contributed by atoms with E-state index in [0.717, 1.165) is 0 Å². The molecule has 0 bridgehead atoms. The van der Waals surface area contributed by atoms with E-state index in [2.05, 4.69) is 5.32 Å². The zero-order chi connectivity index (χ0) is 24.0. The average Bonchev–Trinajstić information content (AvgIpc) is 2.86. The predicted octanol–water partition coefficient (Wildman–Crippen LogP) is 4.15. The highest BCUT2D eigenvalue weighted by atomic mass is 32.2. The number of ether oxygens (including phenoxy) is 3. The largest absolute Gasteiger partial charge is 0.492 e. The summed E-state index contributed by atoms with van der Waals surface area (Å²) in [5.74, 6) is 0.893. The highest BCUT2D eigenvalue weighted by Gasteiger charge is 2.27. The number of rotatable bonds is 8. The van der Waals surface area contributed by atoms with E-state index in [1.54, 1.807) is 42.5 Å². The number of carbonyl (C=O) groups is 1. The maximum Gasteiger partial charge on any atom is 0.259 e. The summed E-state index contributed by atoms with van der Waals surface area (Å²) in [7, 11) is -3.74. The van der Waals surface area contributed by atoms with Crippen LogP contribution in [0.2, 0.25) is 0 Å². The summed E-state index contributed by atoms with van der Waals surface area (Å²) >= 11 is 0. The molecule has 0 aliphatic carbocycles. The smallest absolute Gasteiger partial charge is 0.259 e. The first-order chi connectivity index (χ1) is 16.5. The molecule has 8 nitrogen and oxygen atoms in total. The Morgan fingerprint density at radius 3 is 2.41 bits per heavy atom. The number of nitrogens with zero attached hydrogens (tertiary/aromatic N) is 1. The Bertz CT molecular complexity index is 1240. The molecule has 1 fully saturated rings. The summed E-state index contributed by atoms with van der Waals surface area (Å²) in [6.45, 7) is 3.41. The predicted molar refractivity (Wildman–Crippen MR) is 128 cm³/mol. The SMILES string of the molecule is CCOc1ccc(S(=O)(=O)N2CCOCC2)cc1NC(=O)c1ccccc1Oc1ccccc1. The molecule has 4 rings (SSSR count). The second kappa shape index (κ2) is 10.7. The van der Waals surface area contributed by atoms with Crippen molar-refractivity contribution in [2.45, 2.75) is 11.8 Å². The molecule has 0 atom stereocenters. The number of para-hydroxylation sites is 2. The summed E-state index contributed by atoms with van der Waals surface area (Å²) in [6, 6.07) is 20.5. The number of anilines is 1. The van der Waals surface area contributed by atoms with Gasteiger partial charge in [-0.2, -0.15) is 4.31 Å². The van der Waals surface area contributed by atoms with E-state index in [1.807, 2.05) is 25.1 Å². The molecule has 0 unspecified atom stereocenters. The van der Waals surface area contributed by atoms with Gasteiger partial charge in [-0.3, -0.25) is 4.79 Å². The van der Waals surface area contributed by atoms with Gasteiger partial charge in [0.15, 0.2) is 0 Å². The molecule has 1 N–H and O–H groups in total. The minimum atomic E-state index is -3.74. The number of benzene rings is 3. The first-order valence-corrected chi connectivity index (χ1v) is 12.4. The van der Waals surface area contributed by atoms with Crippen LogP contribution in [0.3, 0.4) is 0 Å². The molecule has 1 aliphatic heterocycles. The van der Waals surface area contributed by atoms with Crippen molar-refractivity contribution < 1.29 is 27.4 Å². The van der Waals surface area contributed by atoms with Crippen LogP contribution in [0.15, 0.2) is 77.7 Å². The lowest BCUT2D eigenvalue weighted by Gasteiger charge is -2.26. The molecule has 0 spiro atoms. The van der Waals surface area contributed by atoms with Gasteiger partial charge in [0.25, 0.3) is 5.91 Å². The zero-order valence-electron chi connectivity index (χ0n) is 18.8. The fourth-order valence-corrected chi connectivity index (χ4v) is 4.97. The fourth-order valence-electron chi connectivity index (χ4n) is 3.53. The van der Waals surface area contributed by atoms with E-state index in [0.29, 0.717) is 42.6 Å². The standard InChI is InChI=1S/C25H26N2O6S/c1-2-32-24-13-12-20(34(29,30)27-14-16-31-17-15-27)18-22(24)26-25(28)21-10-6-7-11-23(21)33-19-8-4-3-5-9-19/h3-13,18H,2,14-17H2,1H3,(H,26,28). The van der Waals surface area contributed by atoms with Crippen molar-refractivity contribution in [2.24, 2.45) is 0 Å². The quantitative estimate of drug-likeness (QED) is 0.518. The van der Waals surface area contributed by atoms with Gasteiger partial charge in [0, 0.05) is 13.1 Å². The Kier molecular flexibility index (Phi) is 7.46. The van der Waals surface area contributed by atoms with Crippen molar-refractivity contribution >= 4 is 21.6 Å². The van der Waals surface area contributed by atoms with Crippen molar-refractivity contribution in [3.63, 3.8) is 0 Å².